The summed E-state index contributed by atoms with van der Waals surface area (Å²) in [7, 11) is 0. The van der Waals surface area contributed by atoms with Crippen molar-refractivity contribution < 1.29 is 14.4 Å². The summed E-state index contributed by atoms with van der Waals surface area (Å²) in [6.45, 7) is 5.78. The molecule has 1 aliphatic carbocycles. The molecule has 0 radical (unpaired) electrons. The molecule has 7 heteroatoms. The van der Waals surface area contributed by atoms with Crippen LogP contribution >= 0.6 is 0 Å². The van der Waals surface area contributed by atoms with E-state index in [2.05, 4.69) is 5.32 Å². The Morgan fingerprint density at radius 2 is 1.43 bits per heavy atom. The Morgan fingerprint density at radius 3 is 2.03 bits per heavy atom. The van der Waals surface area contributed by atoms with Gasteiger partial charge >= 0.3 is 6.03 Å². The molecular weight excluding hydrogens is 380 g/mol. The van der Waals surface area contributed by atoms with Crippen LogP contribution < -0.4 is 5.32 Å². The van der Waals surface area contributed by atoms with Crippen LogP contribution in [-0.2, 0) is 16.0 Å². The number of aryl methyl sites for hydroxylation is 1. The number of piperazine rings is 1. The lowest BCUT2D eigenvalue weighted by molar-refractivity contribution is -0.134. The lowest BCUT2D eigenvalue weighted by atomic mass is 10.0. The first-order chi connectivity index (χ1) is 14.5. The van der Waals surface area contributed by atoms with Crippen molar-refractivity contribution in [1.82, 2.24) is 20.0 Å². The average Bonchev–Trinajstić information content (AvgIpc) is 3.61. The quantitative estimate of drug-likeness (QED) is 0.820. The lowest BCUT2D eigenvalue weighted by Crippen LogP contribution is -2.56. The minimum absolute atomic E-state index is 0.0485. The van der Waals surface area contributed by atoms with Gasteiger partial charge in [0.25, 0.3) is 0 Å². The summed E-state index contributed by atoms with van der Waals surface area (Å²) in [5.74, 6) is 0.680. The number of urea groups is 1. The van der Waals surface area contributed by atoms with Gasteiger partial charge in [-0.3, -0.25) is 9.59 Å². The van der Waals surface area contributed by atoms with E-state index < -0.39 is 0 Å². The van der Waals surface area contributed by atoms with Crippen LogP contribution in [0.1, 0.15) is 36.8 Å². The van der Waals surface area contributed by atoms with Crippen LogP contribution in [0.4, 0.5) is 4.79 Å². The van der Waals surface area contributed by atoms with Gasteiger partial charge in [0.15, 0.2) is 0 Å². The molecule has 0 spiro atoms. The van der Waals surface area contributed by atoms with Gasteiger partial charge in [0.05, 0.1) is 6.42 Å². The highest BCUT2D eigenvalue weighted by Gasteiger charge is 2.35. The number of carbonyl (C=O) groups excluding carboxylic acids is 3. The van der Waals surface area contributed by atoms with Crippen molar-refractivity contribution in [1.29, 1.82) is 0 Å². The van der Waals surface area contributed by atoms with E-state index in [1.165, 1.54) is 5.56 Å². The van der Waals surface area contributed by atoms with Gasteiger partial charge in [-0.2, -0.15) is 0 Å². The second-order valence-electron chi connectivity index (χ2n) is 8.85. The molecule has 162 valence electrons. The molecule has 2 aliphatic heterocycles. The van der Waals surface area contributed by atoms with Crippen molar-refractivity contribution in [3.8, 4) is 0 Å². The summed E-state index contributed by atoms with van der Waals surface area (Å²) < 4.78 is 0. The molecule has 0 bridgehead atoms. The maximum atomic E-state index is 12.6. The zero-order valence-corrected chi connectivity index (χ0v) is 17.8. The van der Waals surface area contributed by atoms with Crippen LogP contribution in [0.2, 0.25) is 0 Å². The first-order valence-electron chi connectivity index (χ1n) is 11.2. The summed E-state index contributed by atoms with van der Waals surface area (Å²) >= 11 is 0. The molecule has 1 N–H and O–H groups in total. The van der Waals surface area contributed by atoms with Crippen LogP contribution in [0.5, 0.6) is 0 Å². The monoisotopic (exact) mass is 412 g/mol. The van der Waals surface area contributed by atoms with Crippen molar-refractivity contribution in [2.45, 2.75) is 45.1 Å². The third-order valence-electron chi connectivity index (χ3n) is 6.46. The molecule has 3 fully saturated rings. The van der Waals surface area contributed by atoms with Crippen LogP contribution in [0.15, 0.2) is 24.3 Å². The van der Waals surface area contributed by atoms with Gasteiger partial charge in [-0.25, -0.2) is 4.79 Å². The molecule has 4 amide bonds. The average molecular weight is 413 g/mol. The Morgan fingerprint density at radius 1 is 0.833 bits per heavy atom. The second kappa shape index (κ2) is 9.06. The van der Waals surface area contributed by atoms with E-state index in [9.17, 15) is 14.4 Å². The number of nitrogens with zero attached hydrogens (tertiary/aromatic N) is 3. The molecule has 1 aromatic rings. The lowest BCUT2D eigenvalue weighted by Gasteiger charge is -2.37. The van der Waals surface area contributed by atoms with Crippen molar-refractivity contribution in [3.63, 3.8) is 0 Å². The molecule has 30 heavy (non-hydrogen) atoms. The maximum absolute atomic E-state index is 12.6. The molecule has 3 aliphatic rings. The predicted octanol–water partition coefficient (Wildman–Crippen LogP) is 1.79. The fourth-order valence-electron chi connectivity index (χ4n) is 4.25. The van der Waals surface area contributed by atoms with E-state index in [-0.39, 0.29) is 23.9 Å². The number of hydrogen-bond acceptors (Lipinski definition) is 3. The van der Waals surface area contributed by atoms with E-state index in [4.69, 9.17) is 0 Å². The van der Waals surface area contributed by atoms with Crippen LogP contribution in [-0.4, -0.2) is 77.9 Å². The molecule has 4 rings (SSSR count). The SMILES string of the molecule is Cc1ccc(CC(=O)N2CCN(C(=O)NC3CCN(C(=O)C4CC4)CC3)CC2)cc1. The van der Waals surface area contributed by atoms with Crippen LogP contribution in [0.3, 0.4) is 0 Å². The fraction of sp³-hybridized carbons (Fsp3) is 0.609. The van der Waals surface area contributed by atoms with E-state index in [1.54, 1.807) is 4.90 Å². The Hall–Kier alpha value is -2.57. The minimum atomic E-state index is -0.0485. The van der Waals surface area contributed by atoms with Gasteiger partial charge < -0.3 is 20.0 Å². The number of piperidine rings is 1. The second-order valence-corrected chi connectivity index (χ2v) is 8.85. The number of hydrogen-bond donors (Lipinski definition) is 1. The smallest absolute Gasteiger partial charge is 0.317 e. The first-order valence-corrected chi connectivity index (χ1v) is 11.2. The van der Waals surface area contributed by atoms with Crippen LogP contribution in [0, 0.1) is 12.8 Å². The van der Waals surface area contributed by atoms with Crippen molar-refractivity contribution in [2.75, 3.05) is 39.3 Å². The Labute approximate surface area is 178 Å². The standard InChI is InChI=1S/C23H32N4O3/c1-17-2-4-18(5-3-17)16-21(28)25-12-14-27(15-13-25)23(30)24-20-8-10-26(11-9-20)22(29)19-6-7-19/h2-5,19-20H,6-16H2,1H3,(H,24,30). The van der Waals surface area contributed by atoms with Gasteiger partial charge in [0.1, 0.15) is 0 Å². The molecule has 2 heterocycles. The predicted molar refractivity (Wildman–Crippen MR) is 114 cm³/mol. The number of nitrogens with one attached hydrogen (secondary N) is 1. The van der Waals surface area contributed by atoms with E-state index in [0.29, 0.717) is 38.5 Å². The van der Waals surface area contributed by atoms with Gasteiger partial charge in [-0.15, -0.1) is 0 Å². The van der Waals surface area contributed by atoms with Gasteiger partial charge in [-0.05, 0) is 38.2 Å². The number of likely N-dealkylation sites (tertiary alicyclic amines) is 1. The van der Waals surface area contributed by atoms with Crippen molar-refractivity contribution >= 4 is 17.8 Å². The molecular formula is C23H32N4O3. The van der Waals surface area contributed by atoms with E-state index in [1.807, 2.05) is 41.0 Å². The van der Waals surface area contributed by atoms with Gasteiger partial charge in [-0.1, -0.05) is 29.8 Å². The topological polar surface area (TPSA) is 73.0 Å². The first kappa shape index (κ1) is 20.7. The fourth-order valence-corrected chi connectivity index (χ4v) is 4.25. The molecule has 2 saturated heterocycles. The minimum Gasteiger partial charge on any atom is -0.342 e. The molecule has 0 aromatic heterocycles. The number of amides is 4. The molecule has 0 unspecified atom stereocenters. The zero-order chi connectivity index (χ0) is 21.1. The normalized spacial score (nSPS) is 20.2. The van der Waals surface area contributed by atoms with E-state index >= 15 is 0 Å². The molecule has 1 saturated carbocycles. The summed E-state index contributed by atoms with van der Waals surface area (Å²) in [4.78, 5) is 43.0. The van der Waals surface area contributed by atoms with E-state index in [0.717, 1.165) is 44.3 Å². The molecule has 1 aromatic carbocycles. The third-order valence-corrected chi connectivity index (χ3v) is 6.46. The summed E-state index contributed by atoms with van der Waals surface area (Å²) in [5, 5.41) is 3.13. The Balaban J connectivity index is 1.17. The van der Waals surface area contributed by atoms with Crippen molar-refractivity contribution in [2.24, 2.45) is 5.92 Å². The number of benzene rings is 1. The summed E-state index contributed by atoms with van der Waals surface area (Å²) in [6.07, 6.45) is 4.12. The highest BCUT2D eigenvalue weighted by atomic mass is 16.2. The highest BCUT2D eigenvalue weighted by Crippen LogP contribution is 2.31. The highest BCUT2D eigenvalue weighted by molar-refractivity contribution is 5.81. The van der Waals surface area contributed by atoms with Crippen LogP contribution in [0.25, 0.3) is 0 Å². The summed E-state index contributed by atoms with van der Waals surface area (Å²) in [6, 6.07) is 8.13. The molecule has 0 atom stereocenters. The molecule has 7 nitrogen and oxygen atoms in total. The maximum Gasteiger partial charge on any atom is 0.317 e. The summed E-state index contributed by atoms with van der Waals surface area (Å²) in [5.41, 5.74) is 2.21. The van der Waals surface area contributed by atoms with Gasteiger partial charge in [0, 0.05) is 51.2 Å². The van der Waals surface area contributed by atoms with Crippen molar-refractivity contribution in [3.05, 3.63) is 35.4 Å². The largest absolute Gasteiger partial charge is 0.342 e. The Kier molecular flexibility index (Phi) is 6.25. The number of rotatable bonds is 4. The van der Waals surface area contributed by atoms with Gasteiger partial charge in [0.2, 0.25) is 11.8 Å². The Bertz CT molecular complexity index is 774. The third kappa shape index (κ3) is 5.12. The number of carbonyl (C=O) groups is 3. The zero-order valence-electron chi connectivity index (χ0n) is 17.8.